The van der Waals surface area contributed by atoms with Crippen LogP contribution in [0, 0.1) is 0 Å². The molecule has 0 aliphatic carbocycles. The molecule has 0 aromatic carbocycles. The van der Waals surface area contributed by atoms with E-state index in [0.717, 1.165) is 32.8 Å². The van der Waals surface area contributed by atoms with Gasteiger partial charge >= 0.3 is 0 Å². The summed E-state index contributed by atoms with van der Waals surface area (Å²) >= 11 is 8.04. The quantitative estimate of drug-likeness (QED) is 0.741. The van der Waals surface area contributed by atoms with Gasteiger partial charge in [-0.3, -0.25) is 4.90 Å². The van der Waals surface area contributed by atoms with Crippen molar-refractivity contribution >= 4 is 22.9 Å². The summed E-state index contributed by atoms with van der Waals surface area (Å²) in [7, 11) is 0. The summed E-state index contributed by atoms with van der Waals surface area (Å²) in [5, 5.41) is 2.21. The van der Waals surface area contributed by atoms with Gasteiger partial charge in [-0.05, 0) is 11.4 Å². The highest BCUT2D eigenvalue weighted by atomic mass is 35.5. The van der Waals surface area contributed by atoms with Crippen molar-refractivity contribution in [3.8, 4) is 0 Å². The Morgan fingerprint density at radius 3 is 2.93 bits per heavy atom. The number of hydrogen-bond donors (Lipinski definition) is 0. The molecule has 1 fully saturated rings. The lowest BCUT2D eigenvalue weighted by Gasteiger charge is -2.27. The molecule has 1 aromatic rings. The lowest BCUT2D eigenvalue weighted by molar-refractivity contribution is 0.0379. The smallest absolute Gasteiger partial charge is 0.0805 e. The van der Waals surface area contributed by atoms with E-state index in [1.807, 2.05) is 0 Å². The number of halogens is 1. The highest BCUT2D eigenvalue weighted by Gasteiger charge is 2.16. The van der Waals surface area contributed by atoms with Gasteiger partial charge in [-0.15, -0.1) is 22.9 Å². The predicted molar refractivity (Wildman–Crippen MR) is 60.2 cm³/mol. The van der Waals surface area contributed by atoms with Crippen LogP contribution in [0.15, 0.2) is 17.5 Å². The Morgan fingerprint density at radius 1 is 1.50 bits per heavy atom. The average molecular weight is 232 g/mol. The molecular formula is C10H14ClNOS. The first kappa shape index (κ1) is 10.4. The molecule has 1 aromatic heterocycles. The van der Waals surface area contributed by atoms with Gasteiger partial charge in [0, 0.05) is 24.5 Å². The van der Waals surface area contributed by atoms with Crippen LogP contribution in [0.3, 0.4) is 0 Å². The molecule has 1 atom stereocenters. The van der Waals surface area contributed by atoms with Gasteiger partial charge in [0.25, 0.3) is 0 Å². The minimum absolute atomic E-state index is 0.132. The Balaban J connectivity index is 1.84. The maximum atomic E-state index is 6.31. The van der Waals surface area contributed by atoms with Crippen molar-refractivity contribution in [2.45, 2.75) is 5.38 Å². The second kappa shape index (κ2) is 5.12. The third kappa shape index (κ3) is 2.70. The Morgan fingerprint density at radius 2 is 2.29 bits per heavy atom. The first-order chi connectivity index (χ1) is 6.86. The molecule has 1 unspecified atom stereocenters. The van der Waals surface area contributed by atoms with Crippen LogP contribution in [0.25, 0.3) is 0 Å². The summed E-state index contributed by atoms with van der Waals surface area (Å²) in [5.41, 5.74) is 0. The lowest BCUT2D eigenvalue weighted by Crippen LogP contribution is -2.37. The summed E-state index contributed by atoms with van der Waals surface area (Å²) in [6, 6.07) is 4.15. The Labute approximate surface area is 93.4 Å². The third-order valence-corrected chi connectivity index (χ3v) is 3.86. The van der Waals surface area contributed by atoms with E-state index < -0.39 is 0 Å². The summed E-state index contributed by atoms with van der Waals surface area (Å²) in [6.45, 7) is 4.64. The van der Waals surface area contributed by atoms with E-state index >= 15 is 0 Å². The number of thiophene rings is 1. The van der Waals surface area contributed by atoms with Crippen LogP contribution in [0.4, 0.5) is 0 Å². The molecule has 1 aliphatic rings. The number of ether oxygens (including phenoxy) is 1. The molecule has 2 rings (SSSR count). The summed E-state index contributed by atoms with van der Waals surface area (Å²) in [5.74, 6) is 0. The van der Waals surface area contributed by atoms with Crippen molar-refractivity contribution in [3.05, 3.63) is 22.4 Å². The predicted octanol–water partition coefficient (Wildman–Crippen LogP) is 2.36. The molecule has 0 radical (unpaired) electrons. The van der Waals surface area contributed by atoms with Gasteiger partial charge in [-0.2, -0.15) is 0 Å². The van der Waals surface area contributed by atoms with Gasteiger partial charge in [0.2, 0.25) is 0 Å². The molecule has 4 heteroatoms. The second-order valence-electron chi connectivity index (χ2n) is 3.40. The fourth-order valence-electron chi connectivity index (χ4n) is 1.57. The zero-order valence-corrected chi connectivity index (χ0v) is 9.56. The number of alkyl halides is 1. The van der Waals surface area contributed by atoms with Gasteiger partial charge < -0.3 is 4.74 Å². The third-order valence-electron chi connectivity index (χ3n) is 2.37. The minimum atomic E-state index is 0.132. The van der Waals surface area contributed by atoms with E-state index in [2.05, 4.69) is 22.4 Å². The number of morpholine rings is 1. The molecular weight excluding hydrogens is 218 g/mol. The van der Waals surface area contributed by atoms with Gasteiger partial charge in [0.05, 0.1) is 18.6 Å². The standard InChI is InChI=1S/C10H14ClNOS/c11-9(10-2-1-7-14-10)8-12-3-5-13-6-4-12/h1-2,7,9H,3-6,8H2. The Hall–Kier alpha value is -0.0900. The van der Waals surface area contributed by atoms with E-state index in [1.165, 1.54) is 4.88 Å². The number of nitrogens with zero attached hydrogens (tertiary/aromatic N) is 1. The van der Waals surface area contributed by atoms with Crippen LogP contribution < -0.4 is 0 Å². The van der Waals surface area contributed by atoms with Crippen LogP contribution in [-0.2, 0) is 4.74 Å². The average Bonchev–Trinajstić information content (AvgIpc) is 2.72. The first-order valence-electron chi connectivity index (χ1n) is 4.84. The van der Waals surface area contributed by atoms with Crippen LogP contribution in [0.2, 0.25) is 0 Å². The molecule has 0 saturated carbocycles. The minimum Gasteiger partial charge on any atom is -0.379 e. The largest absolute Gasteiger partial charge is 0.379 e. The van der Waals surface area contributed by atoms with Crippen molar-refractivity contribution in [1.29, 1.82) is 0 Å². The second-order valence-corrected chi connectivity index (χ2v) is 4.90. The van der Waals surface area contributed by atoms with Crippen LogP contribution in [0.1, 0.15) is 10.3 Å². The van der Waals surface area contributed by atoms with E-state index in [-0.39, 0.29) is 5.38 Å². The molecule has 0 N–H and O–H groups in total. The molecule has 78 valence electrons. The van der Waals surface area contributed by atoms with Crippen molar-refractivity contribution in [3.63, 3.8) is 0 Å². The molecule has 14 heavy (non-hydrogen) atoms. The molecule has 1 aliphatic heterocycles. The summed E-state index contributed by atoms with van der Waals surface area (Å²) < 4.78 is 5.29. The zero-order chi connectivity index (χ0) is 9.80. The van der Waals surface area contributed by atoms with E-state index in [1.54, 1.807) is 11.3 Å². The van der Waals surface area contributed by atoms with E-state index in [9.17, 15) is 0 Å². The van der Waals surface area contributed by atoms with Crippen LogP contribution in [-0.4, -0.2) is 37.7 Å². The Kier molecular flexibility index (Phi) is 3.81. The topological polar surface area (TPSA) is 12.5 Å². The van der Waals surface area contributed by atoms with Crippen LogP contribution in [0.5, 0.6) is 0 Å². The molecule has 1 saturated heterocycles. The molecule has 2 nitrogen and oxygen atoms in total. The lowest BCUT2D eigenvalue weighted by atomic mass is 10.3. The molecule has 0 spiro atoms. The molecule has 0 amide bonds. The highest BCUT2D eigenvalue weighted by molar-refractivity contribution is 7.10. The van der Waals surface area contributed by atoms with Crippen LogP contribution >= 0.6 is 22.9 Å². The van der Waals surface area contributed by atoms with Gasteiger partial charge in [0.15, 0.2) is 0 Å². The van der Waals surface area contributed by atoms with Gasteiger partial charge in [0.1, 0.15) is 0 Å². The SMILES string of the molecule is ClC(CN1CCOCC1)c1cccs1. The number of hydrogen-bond acceptors (Lipinski definition) is 3. The summed E-state index contributed by atoms with van der Waals surface area (Å²) in [4.78, 5) is 3.62. The fraction of sp³-hybridized carbons (Fsp3) is 0.600. The fourth-order valence-corrected chi connectivity index (χ4v) is 2.69. The van der Waals surface area contributed by atoms with Crippen molar-refractivity contribution in [2.24, 2.45) is 0 Å². The Bertz CT molecular complexity index is 259. The maximum absolute atomic E-state index is 6.31. The zero-order valence-electron chi connectivity index (χ0n) is 7.99. The molecule has 0 bridgehead atoms. The monoisotopic (exact) mass is 231 g/mol. The van der Waals surface area contributed by atoms with E-state index in [4.69, 9.17) is 16.3 Å². The molecule has 2 heterocycles. The summed E-state index contributed by atoms with van der Waals surface area (Å²) in [6.07, 6.45) is 0. The van der Waals surface area contributed by atoms with Crippen molar-refractivity contribution in [1.82, 2.24) is 4.90 Å². The van der Waals surface area contributed by atoms with E-state index in [0.29, 0.717) is 0 Å². The number of rotatable bonds is 3. The maximum Gasteiger partial charge on any atom is 0.0805 e. The van der Waals surface area contributed by atoms with Gasteiger partial charge in [-0.1, -0.05) is 6.07 Å². The van der Waals surface area contributed by atoms with Crippen molar-refractivity contribution in [2.75, 3.05) is 32.8 Å². The van der Waals surface area contributed by atoms with Gasteiger partial charge in [-0.25, -0.2) is 0 Å². The highest BCUT2D eigenvalue weighted by Crippen LogP contribution is 2.25. The first-order valence-corrected chi connectivity index (χ1v) is 6.15. The van der Waals surface area contributed by atoms with Crippen molar-refractivity contribution < 1.29 is 4.74 Å². The normalized spacial score (nSPS) is 20.9.